The van der Waals surface area contributed by atoms with Gasteiger partial charge < -0.3 is 35.6 Å². The number of hydrogen-bond acceptors (Lipinski definition) is 11. The molecule has 4 N–H and O–H groups in total. The van der Waals surface area contributed by atoms with Gasteiger partial charge in [0.1, 0.15) is 35.6 Å². The molecule has 4 fully saturated rings. The SMILES string of the molecule is Nc1ncnc2c1c(-c1ccc(Oc3ccccc3)cc1)nn2C1CCN(C(=O)C2CC(N3CCN(c4ccc5c(c4)CN(C4CCC(=O)NC4O)C5=O)CC3)C2)CC1. The first kappa shape index (κ1) is 37.2. The molecule has 15 nitrogen and oxygen atoms in total. The fraction of sp³-hybridized carbons (Fsp3) is 0.409. The number of benzene rings is 3. The predicted octanol–water partition coefficient (Wildman–Crippen LogP) is 4.18. The lowest BCUT2D eigenvalue weighted by Crippen LogP contribution is -2.56. The molecule has 304 valence electrons. The minimum atomic E-state index is -1.05. The van der Waals surface area contributed by atoms with Gasteiger partial charge in [-0.3, -0.25) is 19.3 Å². The number of piperazine rings is 1. The van der Waals surface area contributed by atoms with Crippen LogP contribution in [-0.2, 0) is 16.1 Å². The molecular weight excluding hydrogens is 749 g/mol. The van der Waals surface area contributed by atoms with Crippen LogP contribution in [0, 0.1) is 5.92 Å². The van der Waals surface area contributed by atoms with Crippen molar-refractivity contribution in [1.82, 2.24) is 39.8 Å². The van der Waals surface area contributed by atoms with E-state index in [1.54, 1.807) is 4.90 Å². The third-order valence-electron chi connectivity index (χ3n) is 13.1. The summed E-state index contributed by atoms with van der Waals surface area (Å²) in [5.41, 5.74) is 11.5. The highest BCUT2D eigenvalue weighted by atomic mass is 16.5. The molecule has 0 radical (unpaired) electrons. The number of nitrogen functional groups attached to an aromatic ring is 1. The molecule has 59 heavy (non-hydrogen) atoms. The number of nitrogens with zero attached hydrogens (tertiary/aromatic N) is 8. The minimum absolute atomic E-state index is 0.0568. The molecule has 4 aliphatic heterocycles. The zero-order valence-corrected chi connectivity index (χ0v) is 32.8. The first-order chi connectivity index (χ1) is 28.8. The average molecular weight is 797 g/mol. The van der Waals surface area contributed by atoms with E-state index in [0.29, 0.717) is 55.5 Å². The van der Waals surface area contributed by atoms with Crippen LogP contribution in [0.3, 0.4) is 0 Å². The van der Waals surface area contributed by atoms with E-state index in [-0.39, 0.29) is 29.7 Å². The maximum Gasteiger partial charge on any atom is 0.254 e. The van der Waals surface area contributed by atoms with Crippen LogP contribution >= 0.6 is 0 Å². The second-order valence-corrected chi connectivity index (χ2v) is 16.5. The molecule has 1 saturated carbocycles. The Kier molecular flexibility index (Phi) is 9.64. The third kappa shape index (κ3) is 7.01. The monoisotopic (exact) mass is 796 g/mol. The fourth-order valence-electron chi connectivity index (χ4n) is 9.67. The van der Waals surface area contributed by atoms with Crippen LogP contribution in [0.25, 0.3) is 22.3 Å². The maximum atomic E-state index is 13.7. The van der Waals surface area contributed by atoms with Crippen molar-refractivity contribution in [2.75, 3.05) is 49.9 Å². The second-order valence-electron chi connectivity index (χ2n) is 16.5. The van der Waals surface area contributed by atoms with Gasteiger partial charge in [-0.25, -0.2) is 14.6 Å². The van der Waals surface area contributed by atoms with Crippen LogP contribution in [0.15, 0.2) is 79.1 Å². The predicted molar refractivity (Wildman–Crippen MR) is 220 cm³/mol. The lowest BCUT2D eigenvalue weighted by molar-refractivity contribution is -0.142. The Morgan fingerprint density at radius 3 is 2.34 bits per heavy atom. The van der Waals surface area contributed by atoms with Crippen LogP contribution in [0.4, 0.5) is 11.5 Å². The normalized spacial score (nSPS) is 23.9. The Labute approximate surface area is 341 Å². The van der Waals surface area contributed by atoms with Crippen LogP contribution in [-0.4, -0.2) is 115 Å². The quantitative estimate of drug-likeness (QED) is 0.206. The number of nitrogens with two attached hydrogens (primary N) is 1. The van der Waals surface area contributed by atoms with Crippen LogP contribution in [0.5, 0.6) is 11.5 Å². The Balaban J connectivity index is 0.716. The van der Waals surface area contributed by atoms with Crippen molar-refractivity contribution >= 4 is 40.3 Å². The molecule has 0 bridgehead atoms. The molecule has 2 unspecified atom stereocenters. The van der Waals surface area contributed by atoms with E-state index in [2.05, 4.69) is 31.2 Å². The smallest absolute Gasteiger partial charge is 0.254 e. The Morgan fingerprint density at radius 2 is 1.59 bits per heavy atom. The number of amides is 3. The molecule has 5 aromatic rings. The molecule has 6 heterocycles. The van der Waals surface area contributed by atoms with Crippen LogP contribution < -0.4 is 20.7 Å². The van der Waals surface area contributed by atoms with Gasteiger partial charge in [-0.2, -0.15) is 5.10 Å². The molecule has 3 saturated heterocycles. The largest absolute Gasteiger partial charge is 0.457 e. The first-order valence-corrected chi connectivity index (χ1v) is 20.8. The number of carbonyl (C=O) groups excluding carboxylic acids is 3. The van der Waals surface area contributed by atoms with E-state index < -0.39 is 12.3 Å². The maximum absolute atomic E-state index is 13.7. The number of fused-ring (bicyclic) bond motifs is 2. The van der Waals surface area contributed by atoms with Gasteiger partial charge >= 0.3 is 0 Å². The Hall–Kier alpha value is -6.06. The van der Waals surface area contributed by atoms with E-state index >= 15 is 0 Å². The van der Waals surface area contributed by atoms with Crippen molar-refractivity contribution in [2.24, 2.45) is 5.92 Å². The summed E-state index contributed by atoms with van der Waals surface area (Å²) in [5.74, 6) is 1.92. The van der Waals surface area contributed by atoms with Gasteiger partial charge in [-0.05, 0) is 92.3 Å². The molecule has 15 heteroatoms. The van der Waals surface area contributed by atoms with Crippen molar-refractivity contribution in [2.45, 2.75) is 69.4 Å². The number of aromatic nitrogens is 4. The van der Waals surface area contributed by atoms with E-state index in [9.17, 15) is 19.5 Å². The number of nitrogens with one attached hydrogen (secondary N) is 1. The first-order valence-electron chi connectivity index (χ1n) is 20.8. The van der Waals surface area contributed by atoms with Crippen molar-refractivity contribution < 1.29 is 24.2 Å². The summed E-state index contributed by atoms with van der Waals surface area (Å²) < 4.78 is 7.98. The van der Waals surface area contributed by atoms with Gasteiger partial charge in [0.25, 0.3) is 5.91 Å². The molecular formula is C44H48N10O5. The van der Waals surface area contributed by atoms with Gasteiger partial charge in [0.05, 0.1) is 17.5 Å². The number of anilines is 2. The molecule has 3 aromatic carbocycles. The van der Waals surface area contributed by atoms with Crippen molar-refractivity contribution in [3.05, 3.63) is 90.3 Å². The number of hydrogen-bond donors (Lipinski definition) is 3. The van der Waals surface area contributed by atoms with Crippen LogP contribution in [0.2, 0.25) is 0 Å². The van der Waals surface area contributed by atoms with E-state index in [1.165, 1.54) is 6.33 Å². The number of piperidine rings is 2. The summed E-state index contributed by atoms with van der Waals surface area (Å²) in [6.07, 6.45) is 4.54. The van der Waals surface area contributed by atoms with E-state index in [4.69, 9.17) is 15.6 Å². The van der Waals surface area contributed by atoms with Gasteiger partial charge in [-0.1, -0.05) is 18.2 Å². The highest BCUT2D eigenvalue weighted by Crippen LogP contribution is 2.39. The zero-order valence-electron chi connectivity index (χ0n) is 32.8. The highest BCUT2D eigenvalue weighted by Gasteiger charge is 2.42. The topological polar surface area (TPSA) is 175 Å². The molecule has 10 rings (SSSR count). The summed E-state index contributed by atoms with van der Waals surface area (Å²) in [7, 11) is 0. The second kappa shape index (κ2) is 15.3. The van der Waals surface area contributed by atoms with Crippen molar-refractivity contribution in [1.29, 1.82) is 0 Å². The standard InChI is InChI=1S/C44H48N10O5/c45-40-38-39(27-6-9-34(10-7-27)59-33-4-2-1-3-5-33)49-54(41(38)47-26-46-40)30-14-16-52(17-15-30)43(57)28-22-32(23-28)51-20-18-50(19-21-51)31-8-11-35-29(24-31)25-53(44(35)58)36-12-13-37(55)48-42(36)56/h1-11,24,26,28,30,32,36,42,56H,12-23,25H2,(H,48,55)(H2,45,46,47). The van der Waals surface area contributed by atoms with Crippen LogP contribution in [0.1, 0.15) is 60.5 Å². The van der Waals surface area contributed by atoms with Crippen molar-refractivity contribution in [3.63, 3.8) is 0 Å². The fourth-order valence-corrected chi connectivity index (χ4v) is 9.67. The number of aliphatic hydroxyl groups excluding tert-OH is 1. The molecule has 5 aliphatic rings. The third-order valence-corrected chi connectivity index (χ3v) is 13.1. The van der Waals surface area contributed by atoms with Crippen molar-refractivity contribution in [3.8, 4) is 22.8 Å². The van der Waals surface area contributed by atoms with Gasteiger partial charge in [0.15, 0.2) is 5.65 Å². The van der Waals surface area contributed by atoms with E-state index in [1.807, 2.05) is 76.3 Å². The number of carbonyl (C=O) groups is 3. The summed E-state index contributed by atoms with van der Waals surface area (Å²) in [6.45, 7) is 5.38. The van der Waals surface area contributed by atoms with Gasteiger partial charge in [-0.15, -0.1) is 0 Å². The number of para-hydroxylation sites is 1. The minimum Gasteiger partial charge on any atom is -0.457 e. The lowest BCUT2D eigenvalue weighted by Gasteiger charge is -2.47. The average Bonchev–Trinajstić information content (AvgIpc) is 3.79. The number of ether oxygens (including phenoxy) is 1. The summed E-state index contributed by atoms with van der Waals surface area (Å²) in [5, 5.41) is 18.8. The summed E-state index contributed by atoms with van der Waals surface area (Å²) in [4.78, 5) is 56.2. The van der Waals surface area contributed by atoms with E-state index in [0.717, 1.165) is 91.3 Å². The number of rotatable bonds is 8. The Bertz CT molecular complexity index is 2380. The summed E-state index contributed by atoms with van der Waals surface area (Å²) in [6, 6.07) is 23.6. The van der Waals surface area contributed by atoms with Gasteiger partial charge in [0, 0.05) is 81.0 Å². The summed E-state index contributed by atoms with van der Waals surface area (Å²) >= 11 is 0. The Morgan fingerprint density at radius 1 is 0.847 bits per heavy atom. The highest BCUT2D eigenvalue weighted by molar-refractivity contribution is 5.99. The molecule has 1 aliphatic carbocycles. The number of aliphatic hydroxyl groups is 1. The molecule has 2 atom stereocenters. The van der Waals surface area contributed by atoms with Gasteiger partial charge in [0.2, 0.25) is 11.8 Å². The lowest BCUT2D eigenvalue weighted by atomic mass is 9.77. The number of likely N-dealkylation sites (tertiary alicyclic amines) is 1. The molecule has 0 spiro atoms. The zero-order chi connectivity index (χ0) is 40.2. The molecule has 3 amide bonds. The molecule has 2 aromatic heterocycles.